The second-order valence-corrected chi connectivity index (χ2v) is 5.65. The first-order chi connectivity index (χ1) is 6.58. The second kappa shape index (κ2) is 5.75. The maximum absolute atomic E-state index is 3.77. The van der Waals surface area contributed by atoms with Crippen LogP contribution in [0.1, 0.15) is 59.8 Å². The van der Waals surface area contributed by atoms with E-state index < -0.39 is 0 Å². The summed E-state index contributed by atoms with van der Waals surface area (Å²) in [4.78, 5) is 0. The van der Waals surface area contributed by atoms with Gasteiger partial charge in [0.1, 0.15) is 0 Å². The van der Waals surface area contributed by atoms with E-state index in [-0.39, 0.29) is 0 Å². The molecule has 0 aromatic rings. The lowest BCUT2D eigenvalue weighted by Crippen LogP contribution is -2.39. The fraction of sp³-hybridized carbons (Fsp3) is 1.00. The summed E-state index contributed by atoms with van der Waals surface area (Å²) in [5.41, 5.74) is 0. The molecule has 1 unspecified atom stereocenters. The molecule has 0 radical (unpaired) electrons. The van der Waals surface area contributed by atoms with Gasteiger partial charge >= 0.3 is 0 Å². The van der Waals surface area contributed by atoms with Gasteiger partial charge in [-0.2, -0.15) is 0 Å². The van der Waals surface area contributed by atoms with Gasteiger partial charge in [0.25, 0.3) is 0 Å². The maximum Gasteiger partial charge on any atom is 0.00697 e. The summed E-state index contributed by atoms with van der Waals surface area (Å²) in [6, 6.07) is 1.51. The zero-order valence-corrected chi connectivity index (χ0v) is 10.3. The van der Waals surface area contributed by atoms with E-state index in [1.54, 1.807) is 0 Å². The highest BCUT2D eigenvalue weighted by Gasteiger charge is 2.19. The van der Waals surface area contributed by atoms with Crippen LogP contribution in [0, 0.1) is 11.8 Å². The summed E-state index contributed by atoms with van der Waals surface area (Å²) in [6.07, 6.45) is 6.94. The van der Waals surface area contributed by atoms with Crippen molar-refractivity contribution in [2.24, 2.45) is 11.8 Å². The van der Waals surface area contributed by atoms with Crippen molar-refractivity contribution in [2.45, 2.75) is 71.9 Å². The summed E-state index contributed by atoms with van der Waals surface area (Å²) < 4.78 is 0. The van der Waals surface area contributed by atoms with Gasteiger partial charge in [0.2, 0.25) is 0 Å². The van der Waals surface area contributed by atoms with E-state index in [4.69, 9.17) is 0 Å². The molecule has 0 aromatic carbocycles. The topological polar surface area (TPSA) is 12.0 Å². The molecule has 1 saturated carbocycles. The van der Waals surface area contributed by atoms with E-state index in [0.29, 0.717) is 6.04 Å². The molecule has 1 aliphatic carbocycles. The molecular weight excluding hydrogens is 170 g/mol. The summed E-state index contributed by atoms with van der Waals surface area (Å²) in [6.45, 7) is 9.33. The third-order valence-electron chi connectivity index (χ3n) is 3.36. The lowest BCUT2D eigenvalue weighted by atomic mass is 9.87. The monoisotopic (exact) mass is 197 g/mol. The minimum atomic E-state index is 0.702. The Labute approximate surface area is 89.7 Å². The average molecular weight is 197 g/mol. The van der Waals surface area contributed by atoms with Gasteiger partial charge in [0.15, 0.2) is 0 Å². The first-order valence-electron chi connectivity index (χ1n) is 6.34. The van der Waals surface area contributed by atoms with Crippen LogP contribution in [-0.4, -0.2) is 12.1 Å². The predicted octanol–water partition coefficient (Wildman–Crippen LogP) is 3.59. The van der Waals surface area contributed by atoms with Crippen LogP contribution in [-0.2, 0) is 0 Å². The molecule has 0 heterocycles. The van der Waals surface area contributed by atoms with Crippen LogP contribution in [0.15, 0.2) is 0 Å². The summed E-state index contributed by atoms with van der Waals surface area (Å²) in [5, 5.41) is 3.77. The molecule has 0 saturated heterocycles. The molecule has 1 N–H and O–H groups in total. The van der Waals surface area contributed by atoms with Gasteiger partial charge < -0.3 is 5.32 Å². The van der Waals surface area contributed by atoms with E-state index in [9.17, 15) is 0 Å². The Balaban J connectivity index is 2.17. The zero-order chi connectivity index (χ0) is 10.6. The molecule has 0 amide bonds. The van der Waals surface area contributed by atoms with E-state index in [1.165, 1.54) is 32.1 Å². The van der Waals surface area contributed by atoms with Crippen molar-refractivity contribution in [3.8, 4) is 0 Å². The van der Waals surface area contributed by atoms with Gasteiger partial charge in [0, 0.05) is 12.1 Å². The molecule has 0 aromatic heterocycles. The third kappa shape index (κ3) is 4.45. The first-order valence-corrected chi connectivity index (χ1v) is 6.34. The van der Waals surface area contributed by atoms with E-state index in [0.717, 1.165) is 17.9 Å². The first kappa shape index (κ1) is 12.0. The number of hydrogen-bond acceptors (Lipinski definition) is 1. The summed E-state index contributed by atoms with van der Waals surface area (Å²) in [5.74, 6) is 1.79. The average Bonchev–Trinajstić information content (AvgIpc) is 2.07. The van der Waals surface area contributed by atoms with Crippen molar-refractivity contribution in [2.75, 3.05) is 0 Å². The van der Waals surface area contributed by atoms with Crippen molar-refractivity contribution in [3.63, 3.8) is 0 Å². The predicted molar refractivity (Wildman–Crippen MR) is 63.5 cm³/mol. The van der Waals surface area contributed by atoms with Crippen LogP contribution < -0.4 is 5.32 Å². The Morgan fingerprint density at radius 1 is 1.07 bits per heavy atom. The van der Waals surface area contributed by atoms with Crippen molar-refractivity contribution < 1.29 is 0 Å². The van der Waals surface area contributed by atoms with Crippen LogP contribution in [0.3, 0.4) is 0 Å². The fourth-order valence-electron chi connectivity index (χ4n) is 2.60. The van der Waals surface area contributed by atoms with Crippen LogP contribution in [0.4, 0.5) is 0 Å². The molecule has 1 atom stereocenters. The number of rotatable bonds is 4. The summed E-state index contributed by atoms with van der Waals surface area (Å²) in [7, 11) is 0. The highest BCUT2D eigenvalue weighted by atomic mass is 14.9. The lowest BCUT2D eigenvalue weighted by Gasteiger charge is -2.30. The van der Waals surface area contributed by atoms with E-state index >= 15 is 0 Å². The molecule has 1 nitrogen and oxygen atoms in total. The Bertz CT molecular complexity index is 145. The SMILES string of the molecule is CC(C)CC(C)NC1CCC(C)CC1. The maximum atomic E-state index is 3.77. The molecule has 14 heavy (non-hydrogen) atoms. The fourth-order valence-corrected chi connectivity index (χ4v) is 2.60. The van der Waals surface area contributed by atoms with Gasteiger partial charge in [-0.1, -0.05) is 20.8 Å². The largest absolute Gasteiger partial charge is 0.311 e. The molecule has 1 aliphatic rings. The van der Waals surface area contributed by atoms with E-state index in [2.05, 4.69) is 33.0 Å². The van der Waals surface area contributed by atoms with Gasteiger partial charge in [-0.25, -0.2) is 0 Å². The van der Waals surface area contributed by atoms with Gasteiger partial charge in [-0.15, -0.1) is 0 Å². The van der Waals surface area contributed by atoms with Crippen molar-refractivity contribution >= 4 is 0 Å². The Morgan fingerprint density at radius 3 is 2.14 bits per heavy atom. The molecule has 1 fully saturated rings. The smallest absolute Gasteiger partial charge is 0.00697 e. The van der Waals surface area contributed by atoms with Crippen LogP contribution in [0.5, 0.6) is 0 Å². The van der Waals surface area contributed by atoms with Crippen LogP contribution in [0.25, 0.3) is 0 Å². The quantitative estimate of drug-likeness (QED) is 0.726. The van der Waals surface area contributed by atoms with Crippen molar-refractivity contribution in [1.29, 1.82) is 0 Å². The second-order valence-electron chi connectivity index (χ2n) is 5.65. The molecule has 0 bridgehead atoms. The minimum Gasteiger partial charge on any atom is -0.311 e. The normalized spacial score (nSPS) is 30.6. The highest BCUT2D eigenvalue weighted by Crippen LogP contribution is 2.24. The Kier molecular flexibility index (Phi) is 4.94. The Hall–Kier alpha value is -0.0400. The van der Waals surface area contributed by atoms with Crippen molar-refractivity contribution in [1.82, 2.24) is 5.32 Å². The highest BCUT2D eigenvalue weighted by molar-refractivity contribution is 4.78. The van der Waals surface area contributed by atoms with E-state index in [1.807, 2.05) is 0 Å². The van der Waals surface area contributed by atoms with Crippen LogP contribution in [0.2, 0.25) is 0 Å². The molecular formula is C13H27N. The van der Waals surface area contributed by atoms with Crippen LogP contribution >= 0.6 is 0 Å². The summed E-state index contributed by atoms with van der Waals surface area (Å²) >= 11 is 0. The van der Waals surface area contributed by atoms with Crippen molar-refractivity contribution in [3.05, 3.63) is 0 Å². The molecule has 0 spiro atoms. The molecule has 1 heteroatoms. The standard InChI is InChI=1S/C13H27N/c1-10(2)9-12(4)14-13-7-5-11(3)6-8-13/h10-14H,5-9H2,1-4H3. The molecule has 1 rings (SSSR count). The minimum absolute atomic E-state index is 0.702. The molecule has 84 valence electrons. The molecule has 0 aliphatic heterocycles. The third-order valence-corrected chi connectivity index (χ3v) is 3.36. The Morgan fingerprint density at radius 2 is 1.64 bits per heavy atom. The number of nitrogens with one attached hydrogen (secondary N) is 1. The lowest BCUT2D eigenvalue weighted by molar-refractivity contribution is 0.279. The number of hydrogen-bond donors (Lipinski definition) is 1. The zero-order valence-electron chi connectivity index (χ0n) is 10.3. The van der Waals surface area contributed by atoms with Gasteiger partial charge in [-0.3, -0.25) is 0 Å². The van der Waals surface area contributed by atoms with Gasteiger partial charge in [0.05, 0.1) is 0 Å². The van der Waals surface area contributed by atoms with Gasteiger partial charge in [-0.05, 0) is 50.9 Å².